The van der Waals surface area contributed by atoms with E-state index in [1.165, 1.54) is 18.2 Å². The zero-order chi connectivity index (χ0) is 17.9. The summed E-state index contributed by atoms with van der Waals surface area (Å²) in [7, 11) is -3.75. The van der Waals surface area contributed by atoms with Gasteiger partial charge in [0.15, 0.2) is 6.61 Å². The maximum atomic E-state index is 12.5. The van der Waals surface area contributed by atoms with E-state index in [1.54, 1.807) is 25.1 Å². The van der Waals surface area contributed by atoms with Gasteiger partial charge in [0.2, 0.25) is 0 Å². The first-order chi connectivity index (χ1) is 11.2. The number of hydrogen-bond acceptors (Lipinski definition) is 4. The number of rotatable bonds is 6. The van der Waals surface area contributed by atoms with E-state index in [1.807, 2.05) is 6.92 Å². The summed E-state index contributed by atoms with van der Waals surface area (Å²) in [6.07, 6.45) is 0. The minimum Gasteiger partial charge on any atom is -0.482 e. The first-order valence-corrected chi connectivity index (χ1v) is 9.21. The van der Waals surface area contributed by atoms with Crippen molar-refractivity contribution in [1.29, 1.82) is 0 Å². The van der Waals surface area contributed by atoms with E-state index in [4.69, 9.17) is 9.84 Å². The molecule has 6 nitrogen and oxygen atoms in total. The fourth-order valence-corrected chi connectivity index (χ4v) is 3.39. The minimum atomic E-state index is -3.75. The second kappa shape index (κ2) is 7.23. The zero-order valence-electron chi connectivity index (χ0n) is 13.0. The summed E-state index contributed by atoms with van der Waals surface area (Å²) in [5.74, 6) is -0.769. The maximum absolute atomic E-state index is 12.5. The van der Waals surface area contributed by atoms with E-state index in [2.05, 4.69) is 20.7 Å². The molecule has 128 valence electrons. The van der Waals surface area contributed by atoms with Crippen molar-refractivity contribution in [2.75, 3.05) is 11.3 Å². The lowest BCUT2D eigenvalue weighted by Crippen LogP contribution is -2.14. The number of carbonyl (C=O) groups is 1. The molecule has 0 amide bonds. The number of carboxylic acid groups (broad SMARTS) is 1. The van der Waals surface area contributed by atoms with Crippen LogP contribution in [-0.2, 0) is 14.8 Å². The monoisotopic (exact) mass is 413 g/mol. The van der Waals surface area contributed by atoms with Gasteiger partial charge >= 0.3 is 5.97 Å². The Labute approximate surface area is 148 Å². The van der Waals surface area contributed by atoms with Gasteiger partial charge in [0.25, 0.3) is 10.0 Å². The fourth-order valence-electron chi connectivity index (χ4n) is 2.01. The van der Waals surface area contributed by atoms with Crippen molar-refractivity contribution in [2.45, 2.75) is 18.7 Å². The van der Waals surface area contributed by atoms with Crippen LogP contribution in [0, 0.1) is 13.8 Å². The third-order valence-corrected chi connectivity index (χ3v) is 5.49. The highest BCUT2D eigenvalue weighted by Crippen LogP contribution is 2.25. The summed E-state index contributed by atoms with van der Waals surface area (Å²) < 4.78 is 33.4. The number of halogens is 1. The normalized spacial score (nSPS) is 11.1. The van der Waals surface area contributed by atoms with Crippen LogP contribution in [0.1, 0.15) is 11.1 Å². The molecule has 0 heterocycles. The van der Waals surface area contributed by atoms with Crippen LogP contribution in [0.5, 0.6) is 5.75 Å². The molecule has 0 unspecified atom stereocenters. The molecule has 2 rings (SSSR count). The Morgan fingerprint density at radius 2 is 1.88 bits per heavy atom. The zero-order valence-corrected chi connectivity index (χ0v) is 15.4. The predicted octanol–water partition coefficient (Wildman–Crippen LogP) is 3.33. The van der Waals surface area contributed by atoms with E-state index in [0.717, 1.165) is 10.0 Å². The molecule has 0 saturated heterocycles. The lowest BCUT2D eigenvalue weighted by atomic mass is 10.2. The molecular weight excluding hydrogens is 398 g/mol. The Morgan fingerprint density at radius 3 is 2.46 bits per heavy atom. The Bertz CT molecular complexity index is 880. The first kappa shape index (κ1) is 18.3. The maximum Gasteiger partial charge on any atom is 0.341 e. The Kier molecular flexibility index (Phi) is 5.51. The number of ether oxygens (including phenoxy) is 1. The van der Waals surface area contributed by atoms with E-state index < -0.39 is 22.6 Å². The van der Waals surface area contributed by atoms with Gasteiger partial charge in [-0.25, -0.2) is 13.2 Å². The number of sulfonamides is 1. The SMILES string of the molecule is Cc1cc(NS(=O)(=O)c2ccc(OCC(=O)O)c(C)c2)ccc1Br. The molecule has 0 spiro atoms. The van der Waals surface area contributed by atoms with Gasteiger partial charge in [0.1, 0.15) is 5.75 Å². The van der Waals surface area contributed by atoms with Crippen molar-refractivity contribution >= 4 is 37.6 Å². The van der Waals surface area contributed by atoms with Crippen LogP contribution < -0.4 is 9.46 Å². The molecular formula is C16H16BrNO5S. The largest absolute Gasteiger partial charge is 0.482 e. The lowest BCUT2D eigenvalue weighted by molar-refractivity contribution is -0.139. The molecule has 0 aliphatic carbocycles. The van der Waals surface area contributed by atoms with Gasteiger partial charge in [0, 0.05) is 10.2 Å². The second-order valence-corrected chi connectivity index (χ2v) is 7.72. The van der Waals surface area contributed by atoms with Crippen molar-refractivity contribution in [3.63, 3.8) is 0 Å². The molecule has 0 aliphatic heterocycles. The van der Waals surface area contributed by atoms with Gasteiger partial charge in [-0.3, -0.25) is 4.72 Å². The highest BCUT2D eigenvalue weighted by molar-refractivity contribution is 9.10. The second-order valence-electron chi connectivity index (χ2n) is 5.18. The molecule has 24 heavy (non-hydrogen) atoms. The summed E-state index contributed by atoms with van der Waals surface area (Å²) in [6.45, 7) is 3.03. The molecule has 0 aliphatic rings. The highest BCUT2D eigenvalue weighted by atomic mass is 79.9. The van der Waals surface area contributed by atoms with E-state index in [-0.39, 0.29) is 4.90 Å². The summed E-state index contributed by atoms with van der Waals surface area (Å²) in [5, 5.41) is 8.62. The average Bonchev–Trinajstić information content (AvgIpc) is 2.49. The molecule has 0 radical (unpaired) electrons. The molecule has 0 bridgehead atoms. The summed E-state index contributed by atoms with van der Waals surface area (Å²) >= 11 is 3.36. The summed E-state index contributed by atoms with van der Waals surface area (Å²) in [5.41, 5.74) is 1.90. The number of aliphatic carboxylic acids is 1. The molecule has 0 atom stereocenters. The predicted molar refractivity (Wildman–Crippen MR) is 94.0 cm³/mol. The van der Waals surface area contributed by atoms with Crippen molar-refractivity contribution in [3.8, 4) is 5.75 Å². The molecule has 0 aromatic heterocycles. The average molecular weight is 414 g/mol. The van der Waals surface area contributed by atoms with Gasteiger partial charge in [-0.05, 0) is 61.4 Å². The number of hydrogen-bond donors (Lipinski definition) is 2. The molecule has 2 aromatic carbocycles. The minimum absolute atomic E-state index is 0.0725. The number of aryl methyl sites for hydroxylation is 2. The summed E-state index contributed by atoms with van der Waals surface area (Å²) in [6, 6.07) is 9.40. The molecule has 2 aromatic rings. The van der Waals surface area contributed by atoms with Crippen molar-refractivity contribution in [2.24, 2.45) is 0 Å². The van der Waals surface area contributed by atoms with Gasteiger partial charge in [-0.15, -0.1) is 0 Å². The molecule has 0 fully saturated rings. The van der Waals surface area contributed by atoms with Gasteiger partial charge in [-0.1, -0.05) is 15.9 Å². The van der Waals surface area contributed by atoms with E-state index in [9.17, 15) is 13.2 Å². The number of nitrogens with one attached hydrogen (secondary N) is 1. The molecule has 2 N–H and O–H groups in total. The number of benzene rings is 2. The fraction of sp³-hybridized carbons (Fsp3) is 0.188. The van der Waals surface area contributed by atoms with Crippen LogP contribution in [0.2, 0.25) is 0 Å². The van der Waals surface area contributed by atoms with E-state index >= 15 is 0 Å². The highest BCUT2D eigenvalue weighted by Gasteiger charge is 2.16. The topological polar surface area (TPSA) is 92.7 Å². The van der Waals surface area contributed by atoms with Crippen LogP contribution in [0.4, 0.5) is 5.69 Å². The van der Waals surface area contributed by atoms with Crippen molar-refractivity contribution in [3.05, 3.63) is 52.0 Å². The van der Waals surface area contributed by atoms with Crippen LogP contribution in [0.15, 0.2) is 45.8 Å². The number of anilines is 1. The van der Waals surface area contributed by atoms with Crippen molar-refractivity contribution in [1.82, 2.24) is 0 Å². The van der Waals surface area contributed by atoms with Gasteiger partial charge in [0.05, 0.1) is 4.90 Å². The quantitative estimate of drug-likeness (QED) is 0.757. The van der Waals surface area contributed by atoms with Crippen LogP contribution in [0.3, 0.4) is 0 Å². The first-order valence-electron chi connectivity index (χ1n) is 6.93. The Morgan fingerprint density at radius 1 is 1.17 bits per heavy atom. The lowest BCUT2D eigenvalue weighted by Gasteiger charge is -2.12. The van der Waals surface area contributed by atoms with E-state index in [0.29, 0.717) is 17.0 Å². The van der Waals surface area contributed by atoms with Crippen LogP contribution in [-0.4, -0.2) is 26.1 Å². The number of carboxylic acids is 1. The van der Waals surface area contributed by atoms with Crippen LogP contribution >= 0.6 is 15.9 Å². The standard InChI is InChI=1S/C16H16BrNO5S/c1-10-7-12(3-5-14(10)17)18-24(21,22)13-4-6-15(11(2)8-13)23-9-16(19)20/h3-8,18H,9H2,1-2H3,(H,19,20). The third kappa shape index (κ3) is 4.48. The third-order valence-electron chi connectivity index (χ3n) is 3.22. The Balaban J connectivity index is 2.24. The van der Waals surface area contributed by atoms with Gasteiger partial charge < -0.3 is 9.84 Å². The van der Waals surface area contributed by atoms with Gasteiger partial charge in [-0.2, -0.15) is 0 Å². The molecule has 8 heteroatoms. The van der Waals surface area contributed by atoms with Crippen molar-refractivity contribution < 1.29 is 23.1 Å². The smallest absolute Gasteiger partial charge is 0.341 e. The van der Waals surface area contributed by atoms with Crippen LogP contribution in [0.25, 0.3) is 0 Å². The Hall–Kier alpha value is -2.06. The summed E-state index contributed by atoms with van der Waals surface area (Å²) in [4.78, 5) is 10.6. The molecule has 0 saturated carbocycles.